The molecule has 1 heterocycles. The average Bonchev–Trinajstić information content (AvgIpc) is 2.68. The second-order valence-corrected chi connectivity index (χ2v) is 3.66. The van der Waals surface area contributed by atoms with Gasteiger partial charge in [0, 0.05) is 26.3 Å². The van der Waals surface area contributed by atoms with Crippen molar-refractivity contribution >= 4 is 11.6 Å². The first-order chi connectivity index (χ1) is 7.68. The fourth-order valence-corrected chi connectivity index (χ4v) is 1.55. The fourth-order valence-electron chi connectivity index (χ4n) is 1.55. The van der Waals surface area contributed by atoms with E-state index in [1.165, 1.54) is 0 Å². The number of aromatic nitrogens is 4. The number of hydrogen-bond acceptors (Lipinski definition) is 5. The van der Waals surface area contributed by atoms with E-state index in [9.17, 15) is 0 Å². The van der Waals surface area contributed by atoms with Crippen LogP contribution in [0.3, 0.4) is 0 Å². The summed E-state index contributed by atoms with van der Waals surface area (Å²) < 4.78 is 1.62. The highest BCUT2D eigenvalue weighted by Gasteiger charge is 2.09. The molecular weight excluding hydrogens is 204 g/mol. The second-order valence-electron chi connectivity index (χ2n) is 3.66. The average molecular weight is 218 g/mol. The number of rotatable bonds is 3. The van der Waals surface area contributed by atoms with Gasteiger partial charge in [0.05, 0.1) is 0 Å². The molecule has 0 saturated heterocycles. The quantitative estimate of drug-likeness (QED) is 0.756. The molecule has 1 aromatic heterocycles. The molecule has 0 amide bonds. The number of nitrogens with two attached hydrogens (primary N) is 1. The van der Waals surface area contributed by atoms with E-state index in [-0.39, 0.29) is 0 Å². The van der Waals surface area contributed by atoms with E-state index >= 15 is 0 Å². The van der Waals surface area contributed by atoms with Gasteiger partial charge in [-0.25, -0.2) is 4.68 Å². The van der Waals surface area contributed by atoms with Gasteiger partial charge in [-0.15, -0.1) is 0 Å². The Balaban J connectivity index is 2.17. The van der Waals surface area contributed by atoms with Gasteiger partial charge in [0.25, 0.3) is 0 Å². The molecule has 16 heavy (non-hydrogen) atoms. The molecule has 84 valence electrons. The molecule has 1 aromatic carbocycles. The van der Waals surface area contributed by atoms with E-state index in [0.717, 1.165) is 11.3 Å². The Morgan fingerprint density at radius 3 is 2.75 bits per heavy atom. The first-order valence-corrected chi connectivity index (χ1v) is 4.95. The summed E-state index contributed by atoms with van der Waals surface area (Å²) >= 11 is 0. The molecule has 0 radical (unpaired) electrons. The summed E-state index contributed by atoms with van der Waals surface area (Å²) in [6, 6.07) is 7.77. The Labute approximate surface area is 93.7 Å². The zero-order chi connectivity index (χ0) is 11.5. The fraction of sp³-hybridized carbons (Fsp3) is 0.300. The van der Waals surface area contributed by atoms with Crippen LogP contribution in [0.2, 0.25) is 0 Å². The lowest BCUT2D eigenvalue weighted by atomic mass is 10.2. The van der Waals surface area contributed by atoms with E-state index in [2.05, 4.69) is 15.5 Å². The third-order valence-corrected chi connectivity index (χ3v) is 2.40. The Morgan fingerprint density at radius 2 is 2.12 bits per heavy atom. The maximum Gasteiger partial charge on any atom is 0.245 e. The van der Waals surface area contributed by atoms with Crippen molar-refractivity contribution in [1.29, 1.82) is 0 Å². The molecule has 2 aromatic rings. The van der Waals surface area contributed by atoms with Crippen LogP contribution in [-0.2, 0) is 13.6 Å². The van der Waals surface area contributed by atoms with Crippen molar-refractivity contribution in [3.8, 4) is 0 Å². The van der Waals surface area contributed by atoms with Gasteiger partial charge >= 0.3 is 0 Å². The third kappa shape index (κ3) is 1.95. The summed E-state index contributed by atoms with van der Waals surface area (Å²) in [5.41, 5.74) is 7.72. The zero-order valence-corrected chi connectivity index (χ0v) is 9.33. The maximum absolute atomic E-state index is 5.88. The predicted octanol–water partition coefficient (Wildman–Crippen LogP) is 0.429. The Kier molecular flexibility index (Phi) is 2.72. The number of nitrogen functional groups attached to an aromatic ring is 1. The highest BCUT2D eigenvalue weighted by atomic mass is 15.6. The molecule has 0 fully saturated rings. The summed E-state index contributed by atoms with van der Waals surface area (Å²) in [6.07, 6.45) is 0. The van der Waals surface area contributed by atoms with E-state index in [1.807, 2.05) is 36.2 Å². The highest BCUT2D eigenvalue weighted by Crippen LogP contribution is 2.15. The van der Waals surface area contributed by atoms with Crippen LogP contribution in [0.15, 0.2) is 24.3 Å². The SMILES string of the molecule is CN(Cc1ccccc1N)c1nnnn1C. The van der Waals surface area contributed by atoms with Crippen LogP contribution in [0, 0.1) is 0 Å². The number of anilines is 2. The van der Waals surface area contributed by atoms with Crippen LogP contribution in [0.1, 0.15) is 5.56 Å². The van der Waals surface area contributed by atoms with Gasteiger partial charge < -0.3 is 10.6 Å². The lowest BCUT2D eigenvalue weighted by Crippen LogP contribution is -2.21. The summed E-state index contributed by atoms with van der Waals surface area (Å²) in [7, 11) is 3.73. The molecule has 0 aliphatic rings. The van der Waals surface area contributed by atoms with E-state index < -0.39 is 0 Å². The number of nitrogens with zero attached hydrogens (tertiary/aromatic N) is 5. The smallest absolute Gasteiger partial charge is 0.245 e. The molecule has 0 saturated carbocycles. The van der Waals surface area contributed by atoms with Crippen molar-refractivity contribution in [3.63, 3.8) is 0 Å². The first kappa shape index (κ1) is 10.4. The van der Waals surface area contributed by atoms with Crippen molar-refractivity contribution in [2.24, 2.45) is 7.05 Å². The van der Waals surface area contributed by atoms with Gasteiger partial charge in [-0.2, -0.15) is 0 Å². The molecule has 0 unspecified atom stereocenters. The van der Waals surface area contributed by atoms with Gasteiger partial charge in [-0.05, 0) is 22.1 Å². The van der Waals surface area contributed by atoms with Gasteiger partial charge in [-0.1, -0.05) is 23.3 Å². The monoisotopic (exact) mass is 218 g/mol. The third-order valence-electron chi connectivity index (χ3n) is 2.40. The Morgan fingerprint density at radius 1 is 1.38 bits per heavy atom. The number of tetrazole rings is 1. The summed E-state index contributed by atoms with van der Waals surface area (Å²) in [5, 5.41) is 11.3. The largest absolute Gasteiger partial charge is 0.398 e. The number of benzene rings is 1. The van der Waals surface area contributed by atoms with Crippen LogP contribution < -0.4 is 10.6 Å². The van der Waals surface area contributed by atoms with Crippen molar-refractivity contribution in [2.75, 3.05) is 17.7 Å². The van der Waals surface area contributed by atoms with Crippen molar-refractivity contribution in [1.82, 2.24) is 20.2 Å². The molecule has 0 aliphatic heterocycles. The van der Waals surface area contributed by atoms with Crippen molar-refractivity contribution in [2.45, 2.75) is 6.54 Å². The lowest BCUT2D eigenvalue weighted by Gasteiger charge is -2.17. The standard InChI is InChI=1S/C10H14N6/c1-15(10-12-13-14-16(10)2)7-8-5-3-4-6-9(8)11/h3-6H,7,11H2,1-2H3. The maximum atomic E-state index is 5.88. The van der Waals surface area contributed by atoms with Crippen LogP contribution in [0.5, 0.6) is 0 Å². The van der Waals surface area contributed by atoms with Gasteiger partial charge in [0.1, 0.15) is 0 Å². The summed E-state index contributed by atoms with van der Waals surface area (Å²) in [4.78, 5) is 1.95. The molecule has 0 bridgehead atoms. The molecule has 6 nitrogen and oxygen atoms in total. The minimum absolute atomic E-state index is 0.681. The molecule has 2 N–H and O–H groups in total. The van der Waals surface area contributed by atoms with Crippen LogP contribution in [0.25, 0.3) is 0 Å². The van der Waals surface area contributed by atoms with Crippen molar-refractivity contribution in [3.05, 3.63) is 29.8 Å². The van der Waals surface area contributed by atoms with Gasteiger partial charge in [0.15, 0.2) is 0 Å². The first-order valence-electron chi connectivity index (χ1n) is 4.95. The minimum atomic E-state index is 0.681. The molecule has 0 aliphatic carbocycles. The zero-order valence-electron chi connectivity index (χ0n) is 9.33. The summed E-state index contributed by atoms with van der Waals surface area (Å²) in [6.45, 7) is 0.681. The van der Waals surface area contributed by atoms with Gasteiger partial charge in [0.2, 0.25) is 5.95 Å². The summed E-state index contributed by atoms with van der Waals surface area (Å²) in [5.74, 6) is 0.711. The Hall–Kier alpha value is -2.11. The molecule has 6 heteroatoms. The van der Waals surface area contributed by atoms with Crippen LogP contribution in [0.4, 0.5) is 11.6 Å². The second kappa shape index (κ2) is 4.18. The van der Waals surface area contributed by atoms with E-state index in [4.69, 9.17) is 5.73 Å². The lowest BCUT2D eigenvalue weighted by molar-refractivity contribution is 0.696. The molecule has 0 atom stereocenters. The number of para-hydroxylation sites is 1. The molecule has 2 rings (SSSR count). The van der Waals surface area contributed by atoms with Gasteiger partial charge in [-0.3, -0.25) is 0 Å². The van der Waals surface area contributed by atoms with Crippen molar-refractivity contribution < 1.29 is 0 Å². The van der Waals surface area contributed by atoms with Crippen LogP contribution in [-0.4, -0.2) is 27.3 Å². The van der Waals surface area contributed by atoms with E-state index in [1.54, 1.807) is 11.7 Å². The normalized spacial score (nSPS) is 10.4. The Bertz CT molecular complexity index is 478. The number of aryl methyl sites for hydroxylation is 1. The minimum Gasteiger partial charge on any atom is -0.398 e. The predicted molar refractivity (Wildman–Crippen MR) is 61.8 cm³/mol. The molecule has 0 spiro atoms. The van der Waals surface area contributed by atoms with E-state index in [0.29, 0.717) is 12.5 Å². The highest BCUT2D eigenvalue weighted by molar-refractivity contribution is 5.48. The topological polar surface area (TPSA) is 72.9 Å². The number of hydrogen-bond donors (Lipinski definition) is 1. The van der Waals surface area contributed by atoms with Crippen LogP contribution >= 0.6 is 0 Å². The molecular formula is C10H14N6.